The quantitative estimate of drug-likeness (QED) is 0.420. The van der Waals surface area contributed by atoms with Crippen molar-refractivity contribution in [3.8, 4) is 0 Å². The molecular formula is C9H22IN+. The van der Waals surface area contributed by atoms with Crippen LogP contribution in [0.5, 0.6) is 0 Å². The van der Waals surface area contributed by atoms with Gasteiger partial charge in [0.15, 0.2) is 0 Å². The fraction of sp³-hybridized carbons (Fsp3) is 0.889. The molecule has 0 atom stereocenters. The van der Waals surface area contributed by atoms with Crippen LogP contribution in [0.3, 0.4) is 0 Å². The highest BCUT2D eigenvalue weighted by molar-refractivity contribution is 14.1. The molecule has 0 aliphatic rings. The monoisotopic (exact) mass is 271 g/mol. The molecule has 0 saturated heterocycles. The van der Waals surface area contributed by atoms with Crippen LogP contribution in [0.15, 0.2) is 0 Å². The minimum atomic E-state index is 0.970. The van der Waals surface area contributed by atoms with Gasteiger partial charge in [0.25, 0.3) is 0 Å². The number of nitrogens with zero attached hydrogens (tertiary/aromatic N) is 1. The zero-order valence-electron chi connectivity index (χ0n) is 8.36. The van der Waals surface area contributed by atoms with Crippen LogP contribution in [0.4, 0.5) is 0 Å². The molecule has 0 N–H and O–H groups in total. The van der Waals surface area contributed by atoms with Crippen molar-refractivity contribution < 1.29 is 4.48 Å². The van der Waals surface area contributed by atoms with E-state index in [1.54, 1.807) is 0 Å². The van der Waals surface area contributed by atoms with Crippen LogP contribution in [0.25, 0.3) is 0 Å². The molecule has 0 heterocycles. The molecule has 1 nitrogen and oxygen atoms in total. The molecule has 0 fully saturated rings. The zero-order chi connectivity index (χ0) is 9.33. The summed E-state index contributed by atoms with van der Waals surface area (Å²) in [7, 11) is 2.29. The minimum absolute atomic E-state index is 0.970. The maximum Gasteiger partial charge on any atom is 0.0755 e. The third-order valence-electron chi connectivity index (χ3n) is 2.29. The fourth-order valence-electron chi connectivity index (χ4n) is 0.671. The van der Waals surface area contributed by atoms with E-state index < -0.39 is 0 Å². The van der Waals surface area contributed by atoms with Crippen molar-refractivity contribution in [2.24, 2.45) is 0 Å². The van der Waals surface area contributed by atoms with Gasteiger partial charge in [-0.3, -0.25) is 0 Å². The second-order valence-electron chi connectivity index (χ2n) is 2.76. The Balaban J connectivity index is 0. The molecule has 0 spiro atoms. The summed E-state index contributed by atoms with van der Waals surface area (Å²) in [5.41, 5.74) is 0. The summed E-state index contributed by atoms with van der Waals surface area (Å²) in [6.07, 6.45) is 0. The van der Waals surface area contributed by atoms with Crippen LogP contribution >= 0.6 is 22.6 Å². The minimum Gasteiger partial charge on any atom is -0.327 e. The molecule has 0 amide bonds. The van der Waals surface area contributed by atoms with Crippen LogP contribution < -0.4 is 0 Å². The highest BCUT2D eigenvalue weighted by Crippen LogP contribution is 1.97. The van der Waals surface area contributed by atoms with Crippen LogP contribution in [0.2, 0.25) is 0 Å². The molecule has 0 rings (SSSR count). The zero-order valence-corrected chi connectivity index (χ0v) is 10.5. The maximum absolute atomic E-state index is 3.47. The Morgan fingerprint density at radius 3 is 1.27 bits per heavy atom. The number of rotatable bonds is 3. The molecule has 11 heavy (non-hydrogen) atoms. The average Bonchev–Trinajstić information content (AvgIpc) is 2.05. The Morgan fingerprint density at radius 2 is 1.27 bits per heavy atom. The highest BCUT2D eigenvalue weighted by Gasteiger charge is 2.10. The van der Waals surface area contributed by atoms with Gasteiger partial charge in [-0.2, -0.15) is 0 Å². The van der Waals surface area contributed by atoms with E-state index in [1.165, 1.54) is 24.1 Å². The van der Waals surface area contributed by atoms with Gasteiger partial charge in [-0.25, -0.2) is 0 Å². The van der Waals surface area contributed by atoms with E-state index in [9.17, 15) is 0 Å². The van der Waals surface area contributed by atoms with Crippen molar-refractivity contribution in [3.63, 3.8) is 0 Å². The van der Waals surface area contributed by atoms with Crippen molar-refractivity contribution in [2.75, 3.05) is 31.1 Å². The summed E-state index contributed by atoms with van der Waals surface area (Å²) >= 11 is 2.18. The van der Waals surface area contributed by atoms with Gasteiger partial charge >= 0.3 is 0 Å². The number of hydrogen-bond donors (Lipinski definition) is 0. The first-order valence-electron chi connectivity index (χ1n) is 4.28. The predicted octanol–water partition coefficient (Wildman–Crippen LogP) is 2.75. The summed E-state index contributed by atoms with van der Waals surface area (Å²) in [6.45, 7) is 14.0. The van der Waals surface area contributed by atoms with Gasteiger partial charge in [0.2, 0.25) is 0 Å². The maximum atomic E-state index is 3.47. The fourth-order valence-corrected chi connectivity index (χ4v) is 0.671. The molecule has 0 unspecified atom stereocenters. The molecule has 0 bridgehead atoms. The van der Waals surface area contributed by atoms with Crippen molar-refractivity contribution in [2.45, 2.75) is 20.8 Å². The summed E-state index contributed by atoms with van der Waals surface area (Å²) in [5.74, 6) is 0. The van der Waals surface area contributed by atoms with Crippen LogP contribution in [-0.4, -0.2) is 35.6 Å². The van der Waals surface area contributed by atoms with Crippen molar-refractivity contribution in [1.82, 2.24) is 0 Å². The molecule has 0 saturated carbocycles. The third kappa shape index (κ3) is 8.60. The Labute approximate surface area is 85.9 Å². The highest BCUT2D eigenvalue weighted by atomic mass is 127. The van der Waals surface area contributed by atoms with Crippen LogP contribution in [0.1, 0.15) is 20.8 Å². The molecule has 0 aromatic rings. The second-order valence-corrected chi connectivity index (χ2v) is 3.84. The van der Waals surface area contributed by atoms with Gasteiger partial charge in [-0.05, 0) is 32.1 Å². The lowest BCUT2D eigenvalue weighted by molar-refractivity contribution is -0.904. The summed E-state index contributed by atoms with van der Waals surface area (Å²) in [5, 5.41) is 0. The molecule has 0 aromatic carbocycles. The lowest BCUT2D eigenvalue weighted by atomic mass is 10.4. The number of hydrogen-bond acceptors (Lipinski definition) is 0. The van der Waals surface area contributed by atoms with Crippen LogP contribution in [0, 0.1) is 6.92 Å². The Bertz CT molecular complexity index is 61.7. The molecule has 2 heteroatoms. The first-order valence-corrected chi connectivity index (χ1v) is 5.81. The summed E-state index contributed by atoms with van der Waals surface area (Å²) in [4.78, 5) is 0. The predicted molar refractivity (Wildman–Crippen MR) is 62.1 cm³/mol. The molecule has 1 radical (unpaired) electrons. The average molecular weight is 271 g/mol. The van der Waals surface area contributed by atoms with Crippen molar-refractivity contribution in [3.05, 3.63) is 6.92 Å². The Hall–Kier alpha value is 0.690. The molecular weight excluding hydrogens is 249 g/mol. The molecule has 0 aliphatic heterocycles. The number of halogens is 1. The normalized spacial score (nSPS) is 10.4. The van der Waals surface area contributed by atoms with E-state index in [0.29, 0.717) is 0 Å². The largest absolute Gasteiger partial charge is 0.327 e. The van der Waals surface area contributed by atoms with Gasteiger partial charge < -0.3 is 4.48 Å². The van der Waals surface area contributed by atoms with E-state index >= 15 is 0 Å². The van der Waals surface area contributed by atoms with Gasteiger partial charge in [-0.1, -0.05) is 22.6 Å². The lowest BCUT2D eigenvalue weighted by Gasteiger charge is -2.30. The lowest BCUT2D eigenvalue weighted by Crippen LogP contribution is -2.42. The van der Waals surface area contributed by atoms with Gasteiger partial charge in [-0.15, -0.1) is 0 Å². The van der Waals surface area contributed by atoms with Crippen molar-refractivity contribution >= 4 is 22.6 Å². The van der Waals surface area contributed by atoms with E-state index in [1.807, 2.05) is 0 Å². The van der Waals surface area contributed by atoms with Gasteiger partial charge in [0, 0.05) is 0 Å². The van der Waals surface area contributed by atoms with E-state index in [0.717, 1.165) is 4.43 Å². The SMILES string of the molecule is CC[N+](C)(CC)CC.[CH2]CI. The van der Waals surface area contributed by atoms with Crippen LogP contribution in [-0.2, 0) is 0 Å². The van der Waals surface area contributed by atoms with E-state index in [-0.39, 0.29) is 0 Å². The Morgan fingerprint density at radius 1 is 1.09 bits per heavy atom. The molecule has 0 aliphatic carbocycles. The van der Waals surface area contributed by atoms with Gasteiger partial charge in [0.05, 0.1) is 26.7 Å². The number of alkyl halides is 1. The third-order valence-corrected chi connectivity index (χ3v) is 2.29. The van der Waals surface area contributed by atoms with Gasteiger partial charge in [0.1, 0.15) is 0 Å². The summed E-state index contributed by atoms with van der Waals surface area (Å²) in [6, 6.07) is 0. The smallest absolute Gasteiger partial charge is 0.0755 e. The molecule has 0 aromatic heterocycles. The van der Waals surface area contributed by atoms with E-state index in [2.05, 4.69) is 57.3 Å². The second kappa shape index (κ2) is 8.78. The molecule has 69 valence electrons. The first-order chi connectivity index (χ1) is 5.10. The number of quaternary nitrogens is 1. The Kier molecular flexibility index (Phi) is 11.4. The first kappa shape index (κ1) is 14.2. The summed E-state index contributed by atoms with van der Waals surface area (Å²) < 4.78 is 2.18. The standard InChI is InChI=1S/C7H18N.C2H4I/c1-5-8(4,6-2)7-3;1-2-3/h5-7H2,1-4H3;1-2H2/q+1;. The topological polar surface area (TPSA) is 0 Å². The van der Waals surface area contributed by atoms with Crippen molar-refractivity contribution in [1.29, 1.82) is 0 Å². The van der Waals surface area contributed by atoms with E-state index in [4.69, 9.17) is 0 Å².